The smallest absolute Gasteiger partial charge is 0.153 e. The van der Waals surface area contributed by atoms with Crippen LogP contribution in [-0.4, -0.2) is 14.8 Å². The molecule has 15 heavy (non-hydrogen) atoms. The van der Waals surface area contributed by atoms with Crippen molar-refractivity contribution < 1.29 is 0 Å². The molecule has 76 valence electrons. The third kappa shape index (κ3) is 1.44. The summed E-state index contributed by atoms with van der Waals surface area (Å²) in [5, 5.41) is 4.36. The lowest BCUT2D eigenvalue weighted by molar-refractivity contribution is 0.819. The lowest BCUT2D eigenvalue weighted by Gasteiger charge is -2.03. The van der Waals surface area contributed by atoms with Gasteiger partial charge in [0.15, 0.2) is 5.82 Å². The van der Waals surface area contributed by atoms with E-state index in [0.29, 0.717) is 0 Å². The van der Waals surface area contributed by atoms with Crippen molar-refractivity contribution in [1.29, 1.82) is 0 Å². The molecular weight excluding hydrogens is 186 g/mol. The van der Waals surface area contributed by atoms with Gasteiger partial charge in [0.2, 0.25) is 0 Å². The summed E-state index contributed by atoms with van der Waals surface area (Å²) in [4.78, 5) is 4.64. The zero-order valence-electron chi connectivity index (χ0n) is 8.77. The molecule has 0 radical (unpaired) electrons. The van der Waals surface area contributed by atoms with Gasteiger partial charge in [-0.15, -0.1) is 0 Å². The van der Waals surface area contributed by atoms with Crippen molar-refractivity contribution in [2.45, 2.75) is 26.2 Å². The molecule has 0 saturated heterocycles. The van der Waals surface area contributed by atoms with Crippen LogP contribution in [0.25, 0.3) is 5.82 Å². The molecule has 0 aromatic carbocycles. The third-order valence-corrected chi connectivity index (χ3v) is 2.87. The van der Waals surface area contributed by atoms with Crippen molar-refractivity contribution in [2.24, 2.45) is 0 Å². The molecule has 0 fully saturated rings. The molecule has 3 heteroatoms. The Morgan fingerprint density at radius 2 is 2.13 bits per heavy atom. The van der Waals surface area contributed by atoms with Crippen molar-refractivity contribution in [3.05, 3.63) is 41.3 Å². The Morgan fingerprint density at radius 3 is 2.93 bits per heavy atom. The van der Waals surface area contributed by atoms with E-state index in [0.717, 1.165) is 17.9 Å². The van der Waals surface area contributed by atoms with E-state index in [2.05, 4.69) is 22.2 Å². The highest BCUT2D eigenvalue weighted by Gasteiger charge is 2.12. The fourth-order valence-corrected chi connectivity index (χ4v) is 2.08. The van der Waals surface area contributed by atoms with Crippen LogP contribution in [0.15, 0.2) is 24.4 Å². The van der Waals surface area contributed by atoms with Gasteiger partial charge in [-0.25, -0.2) is 9.67 Å². The highest BCUT2D eigenvalue weighted by atomic mass is 15.3. The number of aromatic nitrogens is 3. The monoisotopic (exact) mass is 199 g/mol. The van der Waals surface area contributed by atoms with Gasteiger partial charge in [-0.1, -0.05) is 6.07 Å². The molecule has 1 aliphatic carbocycles. The maximum absolute atomic E-state index is 4.64. The average molecular weight is 199 g/mol. The molecular formula is C12H13N3. The fraction of sp³-hybridized carbons (Fsp3) is 0.333. The van der Waals surface area contributed by atoms with Gasteiger partial charge in [-0.05, 0) is 43.9 Å². The topological polar surface area (TPSA) is 30.7 Å². The van der Waals surface area contributed by atoms with Gasteiger partial charge < -0.3 is 0 Å². The predicted octanol–water partition coefficient (Wildman–Crippen LogP) is 2.06. The minimum atomic E-state index is 0.934. The summed E-state index contributed by atoms with van der Waals surface area (Å²) in [6.45, 7) is 1.99. The molecule has 2 aromatic heterocycles. The van der Waals surface area contributed by atoms with E-state index >= 15 is 0 Å². The number of rotatable bonds is 1. The molecule has 0 aliphatic heterocycles. The molecule has 0 unspecified atom stereocenters. The van der Waals surface area contributed by atoms with E-state index in [1.165, 1.54) is 24.1 Å². The molecule has 0 saturated carbocycles. The van der Waals surface area contributed by atoms with Crippen molar-refractivity contribution in [3.8, 4) is 5.82 Å². The quantitative estimate of drug-likeness (QED) is 0.704. The summed E-state index contributed by atoms with van der Waals surface area (Å²) in [5.74, 6) is 0.934. The molecule has 0 spiro atoms. The highest BCUT2D eigenvalue weighted by Crippen LogP contribution is 2.20. The van der Waals surface area contributed by atoms with Crippen LogP contribution in [0.2, 0.25) is 0 Å². The van der Waals surface area contributed by atoms with Crippen molar-refractivity contribution in [3.63, 3.8) is 0 Å². The standard InChI is InChI=1S/C12H13N3/c1-9-7-8-15(14-9)12-6-5-10-3-2-4-11(10)13-12/h5-8H,2-4H2,1H3. The zero-order chi connectivity index (χ0) is 10.3. The first-order valence-electron chi connectivity index (χ1n) is 5.34. The number of hydrogen-bond acceptors (Lipinski definition) is 2. The number of hydrogen-bond donors (Lipinski definition) is 0. The summed E-state index contributed by atoms with van der Waals surface area (Å²) < 4.78 is 1.84. The van der Waals surface area contributed by atoms with Crippen LogP contribution in [0.5, 0.6) is 0 Å². The molecule has 2 aromatic rings. The largest absolute Gasteiger partial charge is 0.233 e. The molecule has 0 amide bonds. The number of nitrogens with zero attached hydrogens (tertiary/aromatic N) is 3. The van der Waals surface area contributed by atoms with Crippen LogP contribution in [0.1, 0.15) is 23.4 Å². The molecule has 3 rings (SSSR count). The zero-order valence-corrected chi connectivity index (χ0v) is 8.77. The molecule has 0 atom stereocenters. The Morgan fingerprint density at radius 1 is 1.20 bits per heavy atom. The first-order valence-corrected chi connectivity index (χ1v) is 5.34. The van der Waals surface area contributed by atoms with E-state index < -0.39 is 0 Å². The lowest BCUT2D eigenvalue weighted by Crippen LogP contribution is -2.01. The van der Waals surface area contributed by atoms with Crippen LogP contribution < -0.4 is 0 Å². The number of aryl methyl sites for hydroxylation is 3. The van der Waals surface area contributed by atoms with Crippen molar-refractivity contribution >= 4 is 0 Å². The SMILES string of the molecule is Cc1ccn(-c2ccc3c(n2)CCC3)n1. The van der Waals surface area contributed by atoms with Crippen LogP contribution in [-0.2, 0) is 12.8 Å². The lowest BCUT2D eigenvalue weighted by atomic mass is 10.2. The van der Waals surface area contributed by atoms with Crippen LogP contribution >= 0.6 is 0 Å². The maximum Gasteiger partial charge on any atom is 0.153 e. The predicted molar refractivity (Wildman–Crippen MR) is 58.1 cm³/mol. The van der Waals surface area contributed by atoms with Crippen molar-refractivity contribution in [1.82, 2.24) is 14.8 Å². The van der Waals surface area contributed by atoms with Crippen molar-refractivity contribution in [2.75, 3.05) is 0 Å². The second-order valence-corrected chi connectivity index (χ2v) is 4.03. The Labute approximate surface area is 88.8 Å². The Kier molecular flexibility index (Phi) is 1.84. The van der Waals surface area contributed by atoms with Crippen LogP contribution in [0.3, 0.4) is 0 Å². The molecule has 3 nitrogen and oxygen atoms in total. The van der Waals surface area contributed by atoms with E-state index in [4.69, 9.17) is 0 Å². The first-order chi connectivity index (χ1) is 7.33. The Bertz CT molecular complexity index is 499. The van der Waals surface area contributed by atoms with Gasteiger partial charge in [0, 0.05) is 11.9 Å². The fourth-order valence-electron chi connectivity index (χ4n) is 2.08. The van der Waals surface area contributed by atoms with Gasteiger partial charge in [0.25, 0.3) is 0 Å². The Balaban J connectivity index is 2.06. The average Bonchev–Trinajstić information content (AvgIpc) is 2.84. The van der Waals surface area contributed by atoms with Crippen LogP contribution in [0.4, 0.5) is 0 Å². The summed E-state index contributed by atoms with van der Waals surface area (Å²) in [7, 11) is 0. The van der Waals surface area contributed by atoms with E-state index in [1.807, 2.05) is 23.9 Å². The third-order valence-electron chi connectivity index (χ3n) is 2.87. The minimum Gasteiger partial charge on any atom is -0.233 e. The van der Waals surface area contributed by atoms with E-state index in [-0.39, 0.29) is 0 Å². The van der Waals surface area contributed by atoms with Gasteiger partial charge in [0.05, 0.1) is 5.69 Å². The molecule has 2 heterocycles. The van der Waals surface area contributed by atoms with Gasteiger partial charge >= 0.3 is 0 Å². The molecule has 0 N–H and O–H groups in total. The van der Waals surface area contributed by atoms with Gasteiger partial charge in [0.1, 0.15) is 0 Å². The highest BCUT2D eigenvalue weighted by molar-refractivity contribution is 5.33. The second kappa shape index (κ2) is 3.19. The molecule has 0 bridgehead atoms. The number of fused-ring (bicyclic) bond motifs is 1. The summed E-state index contributed by atoms with van der Waals surface area (Å²) in [6.07, 6.45) is 5.49. The summed E-state index contributed by atoms with van der Waals surface area (Å²) >= 11 is 0. The van der Waals surface area contributed by atoms with E-state index in [1.54, 1.807) is 0 Å². The van der Waals surface area contributed by atoms with Crippen LogP contribution in [0, 0.1) is 6.92 Å². The summed E-state index contributed by atoms with van der Waals surface area (Å²) in [5.41, 5.74) is 3.68. The van der Waals surface area contributed by atoms with E-state index in [9.17, 15) is 0 Å². The first kappa shape index (κ1) is 8.65. The van der Waals surface area contributed by atoms with Gasteiger partial charge in [-0.3, -0.25) is 0 Å². The normalized spacial score (nSPS) is 14.2. The Hall–Kier alpha value is -1.64. The maximum atomic E-state index is 4.64. The number of pyridine rings is 1. The molecule has 1 aliphatic rings. The summed E-state index contributed by atoms with van der Waals surface area (Å²) in [6, 6.07) is 6.23. The van der Waals surface area contributed by atoms with Gasteiger partial charge in [-0.2, -0.15) is 5.10 Å². The minimum absolute atomic E-state index is 0.934. The second-order valence-electron chi connectivity index (χ2n) is 4.03.